The molecule has 0 unspecified atom stereocenters. The summed E-state index contributed by atoms with van der Waals surface area (Å²) in [7, 11) is 1.64. The summed E-state index contributed by atoms with van der Waals surface area (Å²) in [5.41, 5.74) is 0.469. The smallest absolute Gasteiger partial charge is 0.333 e. The molecule has 19 heavy (non-hydrogen) atoms. The number of nitrogens with zero attached hydrogens (tertiary/aromatic N) is 1. The van der Waals surface area contributed by atoms with Crippen LogP contribution in [-0.2, 0) is 19.1 Å². The zero-order valence-corrected chi connectivity index (χ0v) is 11.9. The summed E-state index contributed by atoms with van der Waals surface area (Å²) in [5.74, 6) is -0.598. The second-order valence-corrected chi connectivity index (χ2v) is 4.05. The van der Waals surface area contributed by atoms with Gasteiger partial charge in [-0.05, 0) is 20.3 Å². The van der Waals surface area contributed by atoms with E-state index in [-0.39, 0.29) is 24.5 Å². The van der Waals surface area contributed by atoms with Gasteiger partial charge in [0.1, 0.15) is 0 Å². The van der Waals surface area contributed by atoms with E-state index in [2.05, 4.69) is 5.32 Å². The van der Waals surface area contributed by atoms with E-state index >= 15 is 0 Å². The SMILES string of the molecule is CCOC(=O)C(C)=C[C@H](CC)N(C)C(=O)CNC=O. The third-order valence-electron chi connectivity index (χ3n) is 2.69. The monoisotopic (exact) mass is 270 g/mol. The lowest BCUT2D eigenvalue weighted by molar-refractivity contribution is -0.138. The van der Waals surface area contributed by atoms with Crippen LogP contribution in [0.25, 0.3) is 0 Å². The molecule has 0 spiro atoms. The number of rotatable bonds is 8. The first kappa shape index (κ1) is 17.2. The van der Waals surface area contributed by atoms with Crippen molar-refractivity contribution in [1.29, 1.82) is 0 Å². The number of nitrogens with one attached hydrogen (secondary N) is 1. The van der Waals surface area contributed by atoms with Crippen molar-refractivity contribution < 1.29 is 19.1 Å². The average molecular weight is 270 g/mol. The number of esters is 1. The van der Waals surface area contributed by atoms with Gasteiger partial charge in [-0.25, -0.2) is 4.79 Å². The van der Waals surface area contributed by atoms with Crippen LogP contribution >= 0.6 is 0 Å². The molecule has 0 heterocycles. The van der Waals surface area contributed by atoms with Crippen LogP contribution in [0.1, 0.15) is 27.2 Å². The molecule has 6 nitrogen and oxygen atoms in total. The highest BCUT2D eigenvalue weighted by Gasteiger charge is 2.17. The fourth-order valence-electron chi connectivity index (χ4n) is 1.54. The number of amides is 2. The fraction of sp³-hybridized carbons (Fsp3) is 0.615. The molecule has 0 aromatic heterocycles. The zero-order chi connectivity index (χ0) is 14.8. The highest BCUT2D eigenvalue weighted by atomic mass is 16.5. The fourth-order valence-corrected chi connectivity index (χ4v) is 1.54. The number of carbonyl (C=O) groups is 3. The molecule has 0 saturated carbocycles. The quantitative estimate of drug-likeness (QED) is 0.395. The lowest BCUT2D eigenvalue weighted by Gasteiger charge is -2.25. The molecule has 6 heteroatoms. The number of likely N-dealkylation sites (N-methyl/N-ethyl adjacent to an activating group) is 1. The van der Waals surface area contributed by atoms with Crippen LogP contribution < -0.4 is 5.32 Å². The molecule has 0 aliphatic heterocycles. The van der Waals surface area contributed by atoms with E-state index in [9.17, 15) is 14.4 Å². The second kappa shape index (κ2) is 9.13. The highest BCUT2D eigenvalue weighted by molar-refractivity contribution is 5.88. The van der Waals surface area contributed by atoms with Crippen molar-refractivity contribution in [2.24, 2.45) is 0 Å². The van der Waals surface area contributed by atoms with Crippen LogP contribution in [0, 0.1) is 0 Å². The molecule has 0 aromatic carbocycles. The summed E-state index contributed by atoms with van der Waals surface area (Å²) in [6.45, 7) is 5.57. The molecule has 1 N–H and O–H groups in total. The Kier molecular flexibility index (Phi) is 8.24. The Bertz CT molecular complexity index is 353. The van der Waals surface area contributed by atoms with Gasteiger partial charge in [-0.3, -0.25) is 9.59 Å². The minimum atomic E-state index is -0.382. The van der Waals surface area contributed by atoms with Crippen molar-refractivity contribution in [2.45, 2.75) is 33.2 Å². The number of ether oxygens (including phenoxy) is 1. The molecule has 0 rings (SSSR count). The molecule has 0 aromatic rings. The van der Waals surface area contributed by atoms with Gasteiger partial charge in [-0.1, -0.05) is 13.0 Å². The third kappa shape index (κ3) is 6.03. The van der Waals surface area contributed by atoms with Gasteiger partial charge in [0.15, 0.2) is 0 Å². The molecule has 0 aliphatic carbocycles. The van der Waals surface area contributed by atoms with E-state index < -0.39 is 0 Å². The van der Waals surface area contributed by atoms with E-state index in [1.807, 2.05) is 6.92 Å². The summed E-state index contributed by atoms with van der Waals surface area (Å²) in [6, 6.07) is -0.203. The normalized spacial score (nSPS) is 12.5. The number of hydrogen-bond acceptors (Lipinski definition) is 4. The van der Waals surface area contributed by atoms with Gasteiger partial charge in [-0.2, -0.15) is 0 Å². The van der Waals surface area contributed by atoms with Crippen LogP contribution in [0.15, 0.2) is 11.6 Å². The first-order valence-corrected chi connectivity index (χ1v) is 6.26. The molecule has 0 fully saturated rings. The van der Waals surface area contributed by atoms with E-state index in [0.717, 1.165) is 0 Å². The minimum absolute atomic E-state index is 0.0528. The average Bonchev–Trinajstić information content (AvgIpc) is 2.41. The Hall–Kier alpha value is -1.85. The summed E-state index contributed by atoms with van der Waals surface area (Å²) in [6.07, 6.45) is 2.85. The number of hydrogen-bond donors (Lipinski definition) is 1. The predicted octanol–water partition coefficient (Wildman–Crippen LogP) is 0.479. The Balaban J connectivity index is 4.72. The molecule has 0 radical (unpaired) electrons. The maximum absolute atomic E-state index is 11.7. The van der Waals surface area contributed by atoms with Gasteiger partial charge in [0.2, 0.25) is 12.3 Å². The molecule has 0 saturated heterocycles. The lowest BCUT2D eigenvalue weighted by Crippen LogP contribution is -2.41. The maximum atomic E-state index is 11.7. The Morgan fingerprint density at radius 2 is 2.00 bits per heavy atom. The van der Waals surface area contributed by atoms with Crippen LogP contribution in [0.4, 0.5) is 0 Å². The van der Waals surface area contributed by atoms with Crippen LogP contribution in [-0.4, -0.2) is 49.4 Å². The van der Waals surface area contributed by atoms with Crippen LogP contribution in [0.3, 0.4) is 0 Å². The molecule has 0 bridgehead atoms. The maximum Gasteiger partial charge on any atom is 0.333 e. The Labute approximate surface area is 113 Å². The summed E-state index contributed by atoms with van der Waals surface area (Å²) >= 11 is 0. The van der Waals surface area contributed by atoms with Gasteiger partial charge in [0, 0.05) is 12.6 Å². The first-order chi connectivity index (χ1) is 8.97. The third-order valence-corrected chi connectivity index (χ3v) is 2.69. The lowest BCUT2D eigenvalue weighted by atomic mass is 10.1. The van der Waals surface area contributed by atoms with Gasteiger partial charge >= 0.3 is 5.97 Å². The predicted molar refractivity (Wildman–Crippen MR) is 71.3 cm³/mol. The van der Waals surface area contributed by atoms with Crippen molar-refractivity contribution in [2.75, 3.05) is 20.2 Å². The standard InChI is InChI=1S/C13H22N2O4/c1-5-11(7-10(3)13(18)19-6-2)15(4)12(17)8-14-9-16/h7,9,11H,5-6,8H2,1-4H3,(H,14,16)/t11-/m0/s1. The molecule has 1 atom stereocenters. The molecule has 0 aliphatic rings. The summed E-state index contributed by atoms with van der Waals surface area (Å²) in [5, 5.41) is 2.32. The largest absolute Gasteiger partial charge is 0.463 e. The van der Waals surface area contributed by atoms with Crippen LogP contribution in [0.5, 0.6) is 0 Å². The van der Waals surface area contributed by atoms with E-state index in [4.69, 9.17) is 4.74 Å². The summed E-state index contributed by atoms with van der Waals surface area (Å²) in [4.78, 5) is 34.9. The van der Waals surface area contributed by atoms with Gasteiger partial charge in [0.05, 0.1) is 19.2 Å². The first-order valence-electron chi connectivity index (χ1n) is 6.26. The van der Waals surface area contributed by atoms with E-state index in [0.29, 0.717) is 25.0 Å². The second-order valence-electron chi connectivity index (χ2n) is 4.05. The van der Waals surface area contributed by atoms with Gasteiger partial charge < -0.3 is 15.0 Å². The summed E-state index contributed by atoms with van der Waals surface area (Å²) < 4.78 is 4.88. The van der Waals surface area contributed by atoms with Crippen molar-refractivity contribution in [3.63, 3.8) is 0 Å². The van der Waals surface area contributed by atoms with Crippen molar-refractivity contribution in [1.82, 2.24) is 10.2 Å². The molecular weight excluding hydrogens is 248 g/mol. The highest BCUT2D eigenvalue weighted by Crippen LogP contribution is 2.08. The van der Waals surface area contributed by atoms with Gasteiger partial charge in [-0.15, -0.1) is 0 Å². The minimum Gasteiger partial charge on any atom is -0.463 e. The Morgan fingerprint density at radius 1 is 1.37 bits per heavy atom. The van der Waals surface area contributed by atoms with E-state index in [1.165, 1.54) is 4.90 Å². The van der Waals surface area contributed by atoms with Crippen LogP contribution in [0.2, 0.25) is 0 Å². The zero-order valence-electron chi connectivity index (χ0n) is 11.9. The Morgan fingerprint density at radius 3 is 2.47 bits per heavy atom. The van der Waals surface area contributed by atoms with E-state index in [1.54, 1.807) is 27.0 Å². The van der Waals surface area contributed by atoms with Crippen molar-refractivity contribution in [3.8, 4) is 0 Å². The molecule has 2 amide bonds. The molecule has 108 valence electrons. The number of carbonyl (C=O) groups excluding carboxylic acids is 3. The van der Waals surface area contributed by atoms with Crippen molar-refractivity contribution >= 4 is 18.3 Å². The topological polar surface area (TPSA) is 75.7 Å². The van der Waals surface area contributed by atoms with Crippen molar-refractivity contribution in [3.05, 3.63) is 11.6 Å². The van der Waals surface area contributed by atoms with Gasteiger partial charge in [0.25, 0.3) is 0 Å². The molecular formula is C13H22N2O4.